The third-order valence-electron chi connectivity index (χ3n) is 1.82. The predicted molar refractivity (Wildman–Crippen MR) is 47.4 cm³/mol. The van der Waals surface area contributed by atoms with Gasteiger partial charge in [0.2, 0.25) is 0 Å². The van der Waals surface area contributed by atoms with E-state index in [1.807, 2.05) is 19.3 Å². The van der Waals surface area contributed by atoms with Crippen molar-refractivity contribution in [1.29, 1.82) is 0 Å². The summed E-state index contributed by atoms with van der Waals surface area (Å²) in [6.45, 7) is 8.47. The van der Waals surface area contributed by atoms with Crippen molar-refractivity contribution >= 4 is 6.21 Å². The molecule has 1 atom stereocenters. The quantitative estimate of drug-likeness (QED) is 0.533. The second-order valence-corrected chi connectivity index (χ2v) is 2.59. The first-order chi connectivity index (χ1) is 4.72. The van der Waals surface area contributed by atoms with Crippen LogP contribution >= 0.6 is 0 Å². The first kappa shape index (κ1) is 9.41. The number of nitrogens with zero attached hydrogens (tertiary/aromatic N) is 1. The molecule has 1 nitrogen and oxygen atoms in total. The van der Waals surface area contributed by atoms with Crippen molar-refractivity contribution in [3.05, 3.63) is 11.8 Å². The minimum Gasteiger partial charge on any atom is -0.269 e. The summed E-state index contributed by atoms with van der Waals surface area (Å²) in [5.74, 6) is 0.670. The fraction of sp³-hybridized carbons (Fsp3) is 0.667. The van der Waals surface area contributed by atoms with Gasteiger partial charge in [0, 0.05) is 12.4 Å². The van der Waals surface area contributed by atoms with E-state index in [9.17, 15) is 0 Å². The number of hydrogen-bond acceptors (Lipinski definition) is 1. The predicted octanol–water partition coefficient (Wildman–Crippen LogP) is 3.03. The van der Waals surface area contributed by atoms with Crippen molar-refractivity contribution in [3.8, 4) is 0 Å². The molecule has 0 fully saturated rings. The maximum absolute atomic E-state index is 4.05. The standard InChI is InChI=1S/C9H17N/c1-5-8(3)9(4)7-10-6-2/h6-8H,5H2,1-4H3/b9-7-,10-6?. The maximum Gasteiger partial charge on any atom is 0.0255 e. The lowest BCUT2D eigenvalue weighted by atomic mass is 10.0. The molecule has 0 N–H and O–H groups in total. The van der Waals surface area contributed by atoms with E-state index in [1.165, 1.54) is 12.0 Å². The zero-order valence-electron chi connectivity index (χ0n) is 7.39. The average Bonchev–Trinajstić information content (AvgIpc) is 1.98. The SMILES string of the molecule is CC=N/C=C(/C)C(C)CC. The van der Waals surface area contributed by atoms with E-state index in [4.69, 9.17) is 0 Å². The van der Waals surface area contributed by atoms with Crippen molar-refractivity contribution in [2.75, 3.05) is 0 Å². The Morgan fingerprint density at radius 3 is 2.60 bits per heavy atom. The summed E-state index contributed by atoms with van der Waals surface area (Å²) in [6.07, 6.45) is 4.95. The number of allylic oxidation sites excluding steroid dienone is 1. The van der Waals surface area contributed by atoms with E-state index in [0.29, 0.717) is 5.92 Å². The molecule has 0 radical (unpaired) electrons. The van der Waals surface area contributed by atoms with E-state index in [0.717, 1.165) is 0 Å². The number of hydrogen-bond donors (Lipinski definition) is 0. The molecular weight excluding hydrogens is 122 g/mol. The van der Waals surface area contributed by atoms with Crippen LogP contribution in [-0.2, 0) is 0 Å². The third-order valence-corrected chi connectivity index (χ3v) is 1.82. The summed E-state index contributed by atoms with van der Waals surface area (Å²) in [6, 6.07) is 0. The molecule has 0 rings (SSSR count). The van der Waals surface area contributed by atoms with Crippen LogP contribution in [0.5, 0.6) is 0 Å². The van der Waals surface area contributed by atoms with Gasteiger partial charge in [-0.3, -0.25) is 4.99 Å². The summed E-state index contributed by atoms with van der Waals surface area (Å²) in [7, 11) is 0. The highest BCUT2D eigenvalue weighted by atomic mass is 14.7. The molecule has 0 aromatic carbocycles. The summed E-state index contributed by atoms with van der Waals surface area (Å²) in [5, 5.41) is 0. The molecular formula is C9H17N. The minimum atomic E-state index is 0.670. The van der Waals surface area contributed by atoms with Crippen LogP contribution in [0.3, 0.4) is 0 Å². The molecule has 10 heavy (non-hydrogen) atoms. The Morgan fingerprint density at radius 1 is 1.60 bits per heavy atom. The lowest BCUT2D eigenvalue weighted by molar-refractivity contribution is 0.654. The summed E-state index contributed by atoms with van der Waals surface area (Å²) < 4.78 is 0. The molecule has 0 amide bonds. The summed E-state index contributed by atoms with van der Waals surface area (Å²) in [5.41, 5.74) is 1.36. The normalized spacial score (nSPS) is 16.2. The minimum absolute atomic E-state index is 0.670. The first-order valence-electron chi connectivity index (χ1n) is 3.86. The number of rotatable bonds is 3. The molecule has 1 heteroatoms. The van der Waals surface area contributed by atoms with Crippen LogP contribution in [0.2, 0.25) is 0 Å². The Kier molecular flexibility index (Phi) is 4.91. The Balaban J connectivity index is 3.91. The molecule has 0 bridgehead atoms. The van der Waals surface area contributed by atoms with Crippen molar-refractivity contribution < 1.29 is 0 Å². The van der Waals surface area contributed by atoms with Gasteiger partial charge in [-0.1, -0.05) is 19.4 Å². The van der Waals surface area contributed by atoms with Gasteiger partial charge >= 0.3 is 0 Å². The van der Waals surface area contributed by atoms with E-state index in [1.54, 1.807) is 0 Å². The number of aliphatic imine (C=N–C) groups is 1. The van der Waals surface area contributed by atoms with Gasteiger partial charge in [0.1, 0.15) is 0 Å². The molecule has 0 aliphatic carbocycles. The van der Waals surface area contributed by atoms with Crippen LogP contribution in [0.1, 0.15) is 34.1 Å². The van der Waals surface area contributed by atoms with Crippen LogP contribution in [0.4, 0.5) is 0 Å². The molecule has 0 aromatic heterocycles. The van der Waals surface area contributed by atoms with E-state index >= 15 is 0 Å². The smallest absolute Gasteiger partial charge is 0.0255 e. The van der Waals surface area contributed by atoms with Gasteiger partial charge in [-0.2, -0.15) is 0 Å². The largest absolute Gasteiger partial charge is 0.269 e. The van der Waals surface area contributed by atoms with Crippen LogP contribution < -0.4 is 0 Å². The molecule has 0 aliphatic heterocycles. The fourth-order valence-corrected chi connectivity index (χ4v) is 0.641. The lowest BCUT2D eigenvalue weighted by Gasteiger charge is -2.06. The van der Waals surface area contributed by atoms with Gasteiger partial charge in [0.05, 0.1) is 0 Å². The fourth-order valence-electron chi connectivity index (χ4n) is 0.641. The zero-order chi connectivity index (χ0) is 7.98. The van der Waals surface area contributed by atoms with Crippen molar-refractivity contribution in [2.24, 2.45) is 10.9 Å². The lowest BCUT2D eigenvalue weighted by Crippen LogP contribution is -1.92. The molecule has 0 aliphatic rings. The second-order valence-electron chi connectivity index (χ2n) is 2.59. The van der Waals surface area contributed by atoms with Crippen molar-refractivity contribution in [2.45, 2.75) is 34.1 Å². The zero-order valence-corrected chi connectivity index (χ0v) is 7.39. The van der Waals surface area contributed by atoms with Crippen LogP contribution in [-0.4, -0.2) is 6.21 Å². The van der Waals surface area contributed by atoms with Crippen LogP contribution in [0, 0.1) is 5.92 Å². The van der Waals surface area contributed by atoms with Crippen LogP contribution in [0.25, 0.3) is 0 Å². The molecule has 0 spiro atoms. The average molecular weight is 139 g/mol. The van der Waals surface area contributed by atoms with E-state index < -0.39 is 0 Å². The first-order valence-corrected chi connectivity index (χ1v) is 3.86. The summed E-state index contributed by atoms with van der Waals surface area (Å²) >= 11 is 0. The van der Waals surface area contributed by atoms with E-state index in [2.05, 4.69) is 25.8 Å². The van der Waals surface area contributed by atoms with Gasteiger partial charge < -0.3 is 0 Å². The molecule has 0 heterocycles. The van der Waals surface area contributed by atoms with Gasteiger partial charge in [0.15, 0.2) is 0 Å². The van der Waals surface area contributed by atoms with Gasteiger partial charge in [-0.25, -0.2) is 0 Å². The monoisotopic (exact) mass is 139 g/mol. The molecule has 0 saturated carbocycles. The van der Waals surface area contributed by atoms with Crippen LogP contribution in [0.15, 0.2) is 16.8 Å². The highest BCUT2D eigenvalue weighted by Crippen LogP contribution is 2.12. The van der Waals surface area contributed by atoms with Gasteiger partial charge in [-0.05, 0) is 26.2 Å². The maximum atomic E-state index is 4.05. The Labute approximate surface area is 63.9 Å². The van der Waals surface area contributed by atoms with Gasteiger partial charge in [0.25, 0.3) is 0 Å². The van der Waals surface area contributed by atoms with E-state index in [-0.39, 0.29) is 0 Å². The topological polar surface area (TPSA) is 12.4 Å². The van der Waals surface area contributed by atoms with Gasteiger partial charge in [-0.15, -0.1) is 0 Å². The Hall–Kier alpha value is -0.590. The molecule has 0 saturated heterocycles. The second kappa shape index (κ2) is 5.21. The molecule has 58 valence electrons. The highest BCUT2D eigenvalue weighted by Gasteiger charge is 1.98. The third kappa shape index (κ3) is 3.44. The van der Waals surface area contributed by atoms with Crippen molar-refractivity contribution in [1.82, 2.24) is 0 Å². The van der Waals surface area contributed by atoms with Crippen molar-refractivity contribution in [3.63, 3.8) is 0 Å². The molecule has 0 aromatic rings. The molecule has 1 unspecified atom stereocenters. The Morgan fingerprint density at radius 2 is 2.20 bits per heavy atom. The summed E-state index contributed by atoms with van der Waals surface area (Å²) in [4.78, 5) is 4.05. The Bertz CT molecular complexity index is 134. The highest BCUT2D eigenvalue weighted by molar-refractivity contribution is 5.54.